The summed E-state index contributed by atoms with van der Waals surface area (Å²) in [6, 6.07) is 17.3. The van der Waals surface area contributed by atoms with Gasteiger partial charge in [0.2, 0.25) is 0 Å². The number of benzene rings is 2. The van der Waals surface area contributed by atoms with Gasteiger partial charge in [-0.25, -0.2) is 0 Å². The Morgan fingerprint density at radius 1 is 1.05 bits per heavy atom. The Labute approximate surface area is 127 Å². The van der Waals surface area contributed by atoms with Crippen molar-refractivity contribution < 1.29 is 0 Å². The lowest BCUT2D eigenvalue weighted by atomic mass is 9.97. The first-order valence-electron chi connectivity index (χ1n) is 7.24. The molecule has 0 saturated carbocycles. The molecule has 2 aromatic carbocycles. The molecule has 0 aliphatic carbocycles. The van der Waals surface area contributed by atoms with Gasteiger partial charge in [0.15, 0.2) is 0 Å². The predicted octanol–water partition coefficient (Wildman–Crippen LogP) is 4.80. The van der Waals surface area contributed by atoms with Crippen LogP contribution in [0.15, 0.2) is 48.5 Å². The second kappa shape index (κ2) is 7.47. The van der Waals surface area contributed by atoms with Crippen LogP contribution in [0.3, 0.4) is 0 Å². The summed E-state index contributed by atoms with van der Waals surface area (Å²) >= 11 is 6.25. The number of hydrogen-bond acceptors (Lipinski definition) is 1. The smallest absolute Gasteiger partial charge is 0.0438 e. The van der Waals surface area contributed by atoms with Crippen LogP contribution in [0, 0.1) is 0 Å². The summed E-state index contributed by atoms with van der Waals surface area (Å²) in [7, 11) is 2.00. The van der Waals surface area contributed by atoms with E-state index in [2.05, 4.69) is 42.6 Å². The van der Waals surface area contributed by atoms with E-state index >= 15 is 0 Å². The number of hydrogen-bond donors (Lipinski definition) is 1. The highest BCUT2D eigenvalue weighted by Gasteiger charge is 2.11. The van der Waals surface area contributed by atoms with E-state index < -0.39 is 0 Å². The van der Waals surface area contributed by atoms with Crippen LogP contribution in [0.4, 0.5) is 0 Å². The maximum atomic E-state index is 6.25. The zero-order valence-electron chi connectivity index (χ0n) is 12.2. The van der Waals surface area contributed by atoms with Gasteiger partial charge in [-0.3, -0.25) is 0 Å². The Balaban J connectivity index is 2.13. The van der Waals surface area contributed by atoms with Crippen molar-refractivity contribution >= 4 is 11.6 Å². The van der Waals surface area contributed by atoms with Crippen molar-refractivity contribution in [3.8, 4) is 0 Å². The van der Waals surface area contributed by atoms with E-state index in [1.165, 1.54) is 23.1 Å². The molecule has 0 heterocycles. The van der Waals surface area contributed by atoms with Gasteiger partial charge in [0.25, 0.3) is 0 Å². The van der Waals surface area contributed by atoms with Gasteiger partial charge in [0.05, 0.1) is 0 Å². The first-order valence-corrected chi connectivity index (χ1v) is 7.62. The number of nitrogens with one attached hydrogen (secondary N) is 1. The van der Waals surface area contributed by atoms with Gasteiger partial charge in [-0.15, -0.1) is 0 Å². The lowest BCUT2D eigenvalue weighted by Gasteiger charge is -2.18. The van der Waals surface area contributed by atoms with Crippen molar-refractivity contribution in [3.05, 3.63) is 70.2 Å². The van der Waals surface area contributed by atoms with Gasteiger partial charge in [0, 0.05) is 11.1 Å². The van der Waals surface area contributed by atoms with E-state index in [4.69, 9.17) is 11.6 Å². The number of rotatable bonds is 6. The molecule has 20 heavy (non-hydrogen) atoms. The number of aryl methyl sites for hydroxylation is 1. The molecule has 1 N–H and O–H groups in total. The minimum atomic E-state index is 0.297. The molecule has 0 spiro atoms. The molecule has 1 unspecified atom stereocenters. The van der Waals surface area contributed by atoms with E-state index in [1.54, 1.807) is 0 Å². The minimum absolute atomic E-state index is 0.297. The molecular formula is C18H22ClN. The third-order valence-electron chi connectivity index (χ3n) is 3.65. The quantitative estimate of drug-likeness (QED) is 0.805. The highest BCUT2D eigenvalue weighted by Crippen LogP contribution is 2.23. The molecule has 1 nitrogen and oxygen atoms in total. The van der Waals surface area contributed by atoms with E-state index in [-0.39, 0.29) is 0 Å². The normalized spacial score (nSPS) is 12.3. The first kappa shape index (κ1) is 15.1. The summed E-state index contributed by atoms with van der Waals surface area (Å²) in [4.78, 5) is 0. The third kappa shape index (κ3) is 3.84. The van der Waals surface area contributed by atoms with Gasteiger partial charge < -0.3 is 5.32 Å². The van der Waals surface area contributed by atoms with E-state index in [0.29, 0.717) is 6.04 Å². The molecule has 1 atom stereocenters. The largest absolute Gasteiger partial charge is 0.313 e. The van der Waals surface area contributed by atoms with Gasteiger partial charge in [-0.2, -0.15) is 0 Å². The molecule has 0 saturated heterocycles. The lowest BCUT2D eigenvalue weighted by molar-refractivity contribution is 0.592. The van der Waals surface area contributed by atoms with E-state index in [0.717, 1.165) is 17.9 Å². The second-order valence-electron chi connectivity index (χ2n) is 5.13. The molecule has 0 radical (unpaired) electrons. The van der Waals surface area contributed by atoms with Crippen LogP contribution in [0.5, 0.6) is 0 Å². The molecule has 2 aromatic rings. The van der Waals surface area contributed by atoms with Crippen LogP contribution in [0.1, 0.15) is 36.1 Å². The number of halogens is 1. The fraction of sp³-hybridized carbons (Fsp3) is 0.333. The topological polar surface area (TPSA) is 12.0 Å². The zero-order valence-corrected chi connectivity index (χ0v) is 13.0. The standard InChI is InChI=1S/C18H22ClN/c1-3-6-14-9-11-15(12-10-14)18(20-2)13-16-7-4-5-8-17(16)19/h4-5,7-12,18,20H,3,6,13H2,1-2H3. The first-order chi connectivity index (χ1) is 9.74. The van der Waals surface area contributed by atoms with Crippen molar-refractivity contribution in [1.29, 1.82) is 0 Å². The summed E-state index contributed by atoms with van der Waals surface area (Å²) in [5, 5.41) is 4.23. The van der Waals surface area contributed by atoms with Crippen LogP contribution in [0.2, 0.25) is 5.02 Å². The van der Waals surface area contributed by atoms with Crippen LogP contribution >= 0.6 is 11.6 Å². The molecule has 2 rings (SSSR count). The molecule has 0 bridgehead atoms. The summed E-state index contributed by atoms with van der Waals surface area (Å²) < 4.78 is 0. The van der Waals surface area contributed by atoms with E-state index in [1.807, 2.05) is 25.2 Å². The Bertz CT molecular complexity index is 533. The maximum Gasteiger partial charge on any atom is 0.0438 e. The second-order valence-corrected chi connectivity index (χ2v) is 5.54. The highest BCUT2D eigenvalue weighted by molar-refractivity contribution is 6.31. The predicted molar refractivity (Wildman–Crippen MR) is 87.4 cm³/mol. The minimum Gasteiger partial charge on any atom is -0.313 e. The van der Waals surface area contributed by atoms with Crippen molar-refractivity contribution in [1.82, 2.24) is 5.32 Å². The molecule has 0 aliphatic rings. The molecule has 106 valence electrons. The average Bonchev–Trinajstić information content (AvgIpc) is 2.48. The molecule has 0 aromatic heterocycles. The fourth-order valence-electron chi connectivity index (χ4n) is 2.48. The van der Waals surface area contributed by atoms with Crippen molar-refractivity contribution in [2.24, 2.45) is 0 Å². The van der Waals surface area contributed by atoms with Crippen LogP contribution in [0.25, 0.3) is 0 Å². The lowest BCUT2D eigenvalue weighted by Crippen LogP contribution is -2.19. The molecule has 0 aliphatic heterocycles. The maximum absolute atomic E-state index is 6.25. The van der Waals surface area contributed by atoms with Crippen LogP contribution in [-0.4, -0.2) is 7.05 Å². The third-order valence-corrected chi connectivity index (χ3v) is 4.02. The van der Waals surface area contributed by atoms with Gasteiger partial charge in [-0.05, 0) is 42.6 Å². The molecule has 0 amide bonds. The highest BCUT2D eigenvalue weighted by atomic mass is 35.5. The Morgan fingerprint density at radius 2 is 1.75 bits per heavy atom. The van der Waals surface area contributed by atoms with Gasteiger partial charge >= 0.3 is 0 Å². The van der Waals surface area contributed by atoms with Crippen LogP contribution in [-0.2, 0) is 12.8 Å². The Hall–Kier alpha value is -1.31. The van der Waals surface area contributed by atoms with Crippen molar-refractivity contribution in [2.45, 2.75) is 32.2 Å². The van der Waals surface area contributed by atoms with Gasteiger partial charge in [0.1, 0.15) is 0 Å². The Morgan fingerprint density at radius 3 is 2.35 bits per heavy atom. The SMILES string of the molecule is CCCc1ccc(C(Cc2ccccc2Cl)NC)cc1. The van der Waals surface area contributed by atoms with Crippen molar-refractivity contribution in [2.75, 3.05) is 7.05 Å². The van der Waals surface area contributed by atoms with E-state index in [9.17, 15) is 0 Å². The average molecular weight is 288 g/mol. The fourth-order valence-corrected chi connectivity index (χ4v) is 2.69. The summed E-state index contributed by atoms with van der Waals surface area (Å²) in [5.41, 5.74) is 3.90. The summed E-state index contributed by atoms with van der Waals surface area (Å²) in [5.74, 6) is 0. The molecular weight excluding hydrogens is 266 g/mol. The molecule has 2 heteroatoms. The monoisotopic (exact) mass is 287 g/mol. The number of likely N-dealkylation sites (N-methyl/N-ethyl adjacent to an activating group) is 1. The van der Waals surface area contributed by atoms with Gasteiger partial charge in [-0.1, -0.05) is 67.4 Å². The molecule has 0 fully saturated rings. The summed E-state index contributed by atoms with van der Waals surface area (Å²) in [6.07, 6.45) is 3.24. The van der Waals surface area contributed by atoms with Crippen molar-refractivity contribution in [3.63, 3.8) is 0 Å². The Kier molecular flexibility index (Phi) is 5.63. The zero-order chi connectivity index (χ0) is 14.4. The van der Waals surface area contributed by atoms with Crippen LogP contribution < -0.4 is 5.32 Å². The summed E-state index contributed by atoms with van der Waals surface area (Å²) in [6.45, 7) is 2.21.